The summed E-state index contributed by atoms with van der Waals surface area (Å²) >= 11 is 1.36. The molecule has 0 aliphatic carbocycles. The van der Waals surface area contributed by atoms with Gasteiger partial charge in [0.25, 0.3) is 0 Å². The minimum Gasteiger partial charge on any atom is -0.392 e. The number of aliphatic hydroxyl groups is 1. The minimum absolute atomic E-state index is 0.0945. The third kappa shape index (κ3) is 3.43. The molecule has 0 aromatic carbocycles. The number of aliphatic hydroxyl groups excluding tert-OH is 1. The molecule has 1 atom stereocenters. The van der Waals surface area contributed by atoms with Crippen LogP contribution in [-0.2, 0) is 4.79 Å². The van der Waals surface area contributed by atoms with E-state index in [1.807, 2.05) is 13.8 Å². The number of anilines is 1. The minimum atomic E-state index is -0.588. The molecule has 0 spiro atoms. The van der Waals surface area contributed by atoms with Gasteiger partial charge in [0.05, 0.1) is 12.5 Å². The third-order valence-electron chi connectivity index (χ3n) is 1.84. The molecule has 1 aromatic heterocycles. The van der Waals surface area contributed by atoms with Gasteiger partial charge in [0.15, 0.2) is 5.13 Å². The van der Waals surface area contributed by atoms with E-state index >= 15 is 0 Å². The van der Waals surface area contributed by atoms with Crippen molar-refractivity contribution in [2.75, 3.05) is 5.32 Å². The van der Waals surface area contributed by atoms with Crippen molar-refractivity contribution >= 4 is 22.4 Å². The van der Waals surface area contributed by atoms with Gasteiger partial charge in [-0.15, -0.1) is 11.3 Å². The van der Waals surface area contributed by atoms with E-state index in [1.165, 1.54) is 11.3 Å². The maximum Gasteiger partial charge on any atom is 0.228 e. The van der Waals surface area contributed by atoms with E-state index in [4.69, 9.17) is 0 Å². The highest BCUT2D eigenvalue weighted by molar-refractivity contribution is 7.13. The first-order valence-corrected chi connectivity index (χ1v) is 5.35. The fourth-order valence-electron chi connectivity index (χ4n) is 0.881. The molecule has 0 aliphatic heterocycles. The number of amides is 1. The van der Waals surface area contributed by atoms with Crippen LogP contribution in [0, 0.1) is 5.92 Å². The van der Waals surface area contributed by atoms with Gasteiger partial charge in [-0.1, -0.05) is 13.8 Å². The molecule has 78 valence electrons. The number of hydrogen-bond donors (Lipinski definition) is 2. The van der Waals surface area contributed by atoms with Gasteiger partial charge in [-0.05, 0) is 5.92 Å². The SMILES string of the molecule is CC(C)C(O)CC(=O)Nc1nccs1. The summed E-state index contributed by atoms with van der Waals surface area (Å²) in [4.78, 5) is 15.2. The average Bonchev–Trinajstić information content (AvgIpc) is 2.56. The molecule has 2 N–H and O–H groups in total. The quantitative estimate of drug-likeness (QED) is 0.798. The second kappa shape index (κ2) is 5.07. The summed E-state index contributed by atoms with van der Waals surface area (Å²) in [6.07, 6.45) is 1.16. The van der Waals surface area contributed by atoms with E-state index in [0.717, 1.165) is 0 Å². The monoisotopic (exact) mass is 214 g/mol. The van der Waals surface area contributed by atoms with Crippen molar-refractivity contribution in [2.24, 2.45) is 5.92 Å². The van der Waals surface area contributed by atoms with Crippen molar-refractivity contribution in [2.45, 2.75) is 26.4 Å². The highest BCUT2D eigenvalue weighted by atomic mass is 32.1. The van der Waals surface area contributed by atoms with Crippen molar-refractivity contribution in [3.05, 3.63) is 11.6 Å². The number of aromatic nitrogens is 1. The molecule has 1 aromatic rings. The summed E-state index contributed by atoms with van der Waals surface area (Å²) < 4.78 is 0. The number of nitrogens with zero attached hydrogens (tertiary/aromatic N) is 1. The van der Waals surface area contributed by atoms with Gasteiger partial charge in [0, 0.05) is 11.6 Å². The van der Waals surface area contributed by atoms with Crippen LogP contribution < -0.4 is 5.32 Å². The highest BCUT2D eigenvalue weighted by Gasteiger charge is 2.14. The van der Waals surface area contributed by atoms with Crippen molar-refractivity contribution in [1.29, 1.82) is 0 Å². The van der Waals surface area contributed by atoms with Crippen molar-refractivity contribution in [1.82, 2.24) is 4.98 Å². The molecule has 14 heavy (non-hydrogen) atoms. The van der Waals surface area contributed by atoms with Crippen molar-refractivity contribution < 1.29 is 9.90 Å². The van der Waals surface area contributed by atoms with Crippen LogP contribution >= 0.6 is 11.3 Å². The Balaban J connectivity index is 2.36. The van der Waals surface area contributed by atoms with E-state index in [-0.39, 0.29) is 18.2 Å². The molecule has 4 nitrogen and oxygen atoms in total. The fourth-order valence-corrected chi connectivity index (χ4v) is 1.43. The Hall–Kier alpha value is -0.940. The zero-order valence-electron chi connectivity index (χ0n) is 8.23. The lowest BCUT2D eigenvalue weighted by Gasteiger charge is -2.12. The molecule has 0 aliphatic rings. The molecule has 0 fully saturated rings. The summed E-state index contributed by atoms with van der Waals surface area (Å²) in [6, 6.07) is 0. The summed E-state index contributed by atoms with van der Waals surface area (Å²) in [5, 5.41) is 14.4. The normalized spacial score (nSPS) is 12.9. The van der Waals surface area contributed by atoms with E-state index in [9.17, 15) is 9.90 Å². The molecule has 0 saturated heterocycles. The summed E-state index contributed by atoms with van der Waals surface area (Å²) in [7, 11) is 0. The molecule has 1 heterocycles. The lowest BCUT2D eigenvalue weighted by Crippen LogP contribution is -2.23. The van der Waals surface area contributed by atoms with E-state index < -0.39 is 6.10 Å². The summed E-state index contributed by atoms with van der Waals surface area (Å²) in [6.45, 7) is 3.75. The number of thiazole rings is 1. The fraction of sp³-hybridized carbons (Fsp3) is 0.556. The Labute approximate surface area is 87.0 Å². The first-order chi connectivity index (χ1) is 6.59. The Morgan fingerprint density at radius 3 is 2.93 bits per heavy atom. The number of carbonyl (C=O) groups excluding carboxylic acids is 1. The smallest absolute Gasteiger partial charge is 0.228 e. The van der Waals surface area contributed by atoms with Crippen LogP contribution in [0.4, 0.5) is 5.13 Å². The van der Waals surface area contributed by atoms with Gasteiger partial charge in [-0.2, -0.15) is 0 Å². The molecule has 1 rings (SSSR count). The molecule has 0 radical (unpaired) electrons. The van der Waals surface area contributed by atoms with E-state index in [2.05, 4.69) is 10.3 Å². The lowest BCUT2D eigenvalue weighted by atomic mass is 10.0. The predicted octanol–water partition coefficient (Wildman–Crippen LogP) is 1.49. The van der Waals surface area contributed by atoms with E-state index in [0.29, 0.717) is 5.13 Å². The molecule has 1 amide bonds. The maximum atomic E-state index is 11.3. The van der Waals surface area contributed by atoms with Crippen LogP contribution in [0.3, 0.4) is 0 Å². The molecule has 1 unspecified atom stereocenters. The number of hydrogen-bond acceptors (Lipinski definition) is 4. The third-order valence-corrected chi connectivity index (χ3v) is 2.53. The van der Waals surface area contributed by atoms with Gasteiger partial charge in [-0.3, -0.25) is 4.79 Å². The predicted molar refractivity (Wildman–Crippen MR) is 56.2 cm³/mol. The van der Waals surface area contributed by atoms with E-state index in [1.54, 1.807) is 11.6 Å². The second-order valence-electron chi connectivity index (χ2n) is 3.40. The van der Waals surface area contributed by atoms with Crippen LogP contribution in [-0.4, -0.2) is 22.1 Å². The molecule has 5 heteroatoms. The number of carbonyl (C=O) groups is 1. The summed E-state index contributed by atoms with van der Waals surface area (Å²) in [5.74, 6) is -0.0989. The van der Waals surface area contributed by atoms with Gasteiger partial charge in [0.2, 0.25) is 5.91 Å². The van der Waals surface area contributed by atoms with Gasteiger partial charge in [0.1, 0.15) is 0 Å². The zero-order valence-corrected chi connectivity index (χ0v) is 9.04. The first kappa shape index (κ1) is 11.1. The Bertz CT molecular complexity index is 285. The van der Waals surface area contributed by atoms with Gasteiger partial charge >= 0.3 is 0 Å². The Morgan fingerprint density at radius 1 is 1.71 bits per heavy atom. The molecular formula is C9H14N2O2S. The first-order valence-electron chi connectivity index (χ1n) is 4.47. The van der Waals surface area contributed by atoms with Gasteiger partial charge < -0.3 is 10.4 Å². The average molecular weight is 214 g/mol. The second-order valence-corrected chi connectivity index (χ2v) is 4.30. The standard InChI is InChI=1S/C9H14N2O2S/c1-6(2)7(12)5-8(13)11-9-10-3-4-14-9/h3-4,6-7,12H,5H2,1-2H3,(H,10,11,13). The highest BCUT2D eigenvalue weighted by Crippen LogP contribution is 2.12. The summed E-state index contributed by atoms with van der Waals surface area (Å²) in [5.41, 5.74) is 0. The van der Waals surface area contributed by atoms with Crippen molar-refractivity contribution in [3.63, 3.8) is 0 Å². The van der Waals surface area contributed by atoms with Crippen LogP contribution in [0.2, 0.25) is 0 Å². The Kier molecular flexibility index (Phi) is 4.03. The van der Waals surface area contributed by atoms with Gasteiger partial charge in [-0.25, -0.2) is 4.98 Å². The molecule has 0 saturated carbocycles. The topological polar surface area (TPSA) is 62.2 Å². The van der Waals surface area contributed by atoms with Crippen LogP contribution in [0.15, 0.2) is 11.6 Å². The molecular weight excluding hydrogens is 200 g/mol. The van der Waals surface area contributed by atoms with Crippen LogP contribution in [0.25, 0.3) is 0 Å². The Morgan fingerprint density at radius 2 is 2.43 bits per heavy atom. The maximum absolute atomic E-state index is 11.3. The van der Waals surface area contributed by atoms with Crippen LogP contribution in [0.1, 0.15) is 20.3 Å². The lowest BCUT2D eigenvalue weighted by molar-refractivity contribution is -0.118. The molecule has 0 bridgehead atoms. The number of rotatable bonds is 4. The number of nitrogens with one attached hydrogen (secondary N) is 1. The van der Waals surface area contributed by atoms with Crippen LogP contribution in [0.5, 0.6) is 0 Å². The largest absolute Gasteiger partial charge is 0.392 e. The van der Waals surface area contributed by atoms with Crippen molar-refractivity contribution in [3.8, 4) is 0 Å². The zero-order chi connectivity index (χ0) is 10.6.